The number of ketones is 1. The topological polar surface area (TPSA) is 85.6 Å². The SMILES string of the molecule is COC(=O)C[C@H]1C(C)CC2C3NC(=O)CC4C3C(CC[C@@]4(C)C(=O)c3ccoc3)[C@@]1(C)C2C. The standard InChI is InChI=1S/C27H37NO5/c1-14-10-17-15(2)27(4,19(14)12-22(30)32-5)18-6-8-26(3,25(31)16-7-9-33-13-16)20-11-21(29)28-24(17)23(18)20/h7,9,13-15,17-20,23-24H,6,8,10-12H2,1-5H3,(H,28,29)/t14?,15?,17?,18?,19-,20?,23?,24?,26+,27+/m0/s1. The van der Waals surface area contributed by atoms with Crippen LogP contribution in [-0.2, 0) is 14.3 Å². The minimum Gasteiger partial charge on any atom is -0.472 e. The van der Waals surface area contributed by atoms with Crippen LogP contribution in [-0.4, -0.2) is 30.8 Å². The number of piperidine rings is 1. The molecule has 180 valence electrons. The molecule has 1 aromatic heterocycles. The van der Waals surface area contributed by atoms with Gasteiger partial charge in [0.05, 0.1) is 18.9 Å². The molecule has 2 heterocycles. The van der Waals surface area contributed by atoms with E-state index in [-0.39, 0.29) is 46.9 Å². The summed E-state index contributed by atoms with van der Waals surface area (Å²) in [5.74, 6) is 2.03. The number of amides is 1. The summed E-state index contributed by atoms with van der Waals surface area (Å²) in [6.45, 7) is 9.06. The van der Waals surface area contributed by atoms with Crippen molar-refractivity contribution < 1.29 is 23.5 Å². The Bertz CT molecular complexity index is 956. The normalized spacial score (nSPS) is 46.2. The second kappa shape index (κ2) is 7.71. The van der Waals surface area contributed by atoms with Gasteiger partial charge < -0.3 is 14.5 Å². The van der Waals surface area contributed by atoms with Gasteiger partial charge in [-0.05, 0) is 72.2 Å². The highest BCUT2D eigenvalue weighted by molar-refractivity contribution is 6.00. The van der Waals surface area contributed by atoms with Crippen molar-refractivity contribution in [3.63, 3.8) is 0 Å². The molecule has 1 aliphatic heterocycles. The van der Waals surface area contributed by atoms with Gasteiger partial charge in [0.1, 0.15) is 6.26 Å². The van der Waals surface area contributed by atoms with E-state index in [2.05, 4.69) is 33.0 Å². The average molecular weight is 456 g/mol. The number of nitrogens with one attached hydrogen (secondary N) is 1. The molecule has 0 aromatic carbocycles. The smallest absolute Gasteiger partial charge is 0.305 e. The van der Waals surface area contributed by atoms with E-state index in [1.54, 1.807) is 12.3 Å². The van der Waals surface area contributed by atoms with E-state index in [9.17, 15) is 14.4 Å². The summed E-state index contributed by atoms with van der Waals surface area (Å²) in [5.41, 5.74) is -0.0143. The zero-order chi connectivity index (χ0) is 23.7. The molecule has 2 bridgehead atoms. The molecule has 4 aliphatic rings. The average Bonchev–Trinajstić information content (AvgIpc) is 3.32. The largest absolute Gasteiger partial charge is 0.472 e. The number of carbonyl (C=O) groups is 3. The van der Waals surface area contributed by atoms with Crippen molar-refractivity contribution in [3.8, 4) is 0 Å². The molecule has 10 atom stereocenters. The van der Waals surface area contributed by atoms with Gasteiger partial charge in [-0.2, -0.15) is 0 Å². The van der Waals surface area contributed by atoms with Crippen molar-refractivity contribution in [2.75, 3.05) is 7.11 Å². The van der Waals surface area contributed by atoms with Crippen molar-refractivity contribution in [1.82, 2.24) is 5.32 Å². The molecule has 1 aromatic rings. The number of carbonyl (C=O) groups excluding carboxylic acids is 3. The Hall–Kier alpha value is -2.11. The summed E-state index contributed by atoms with van der Waals surface area (Å²) in [7, 11) is 1.47. The molecule has 0 radical (unpaired) electrons. The molecule has 6 heteroatoms. The van der Waals surface area contributed by atoms with Gasteiger partial charge in [-0.25, -0.2) is 0 Å². The van der Waals surface area contributed by atoms with Crippen LogP contribution in [0.25, 0.3) is 0 Å². The highest BCUT2D eigenvalue weighted by Crippen LogP contribution is 2.69. The van der Waals surface area contributed by atoms with Gasteiger partial charge >= 0.3 is 5.97 Å². The predicted molar refractivity (Wildman–Crippen MR) is 122 cm³/mol. The molecule has 1 N–H and O–H groups in total. The molecule has 0 spiro atoms. The number of rotatable bonds is 4. The second-order valence-corrected chi connectivity index (χ2v) is 11.8. The number of hydrogen-bond donors (Lipinski definition) is 1. The second-order valence-electron chi connectivity index (χ2n) is 11.8. The lowest BCUT2D eigenvalue weighted by Gasteiger charge is -2.69. The quantitative estimate of drug-likeness (QED) is 0.534. The molecular formula is C27H37NO5. The summed E-state index contributed by atoms with van der Waals surface area (Å²) in [5, 5.41) is 3.39. The molecule has 33 heavy (non-hydrogen) atoms. The number of fused-ring (bicyclic) bond motifs is 4. The van der Waals surface area contributed by atoms with Crippen LogP contribution in [0.5, 0.6) is 0 Å². The number of methoxy groups -OCH3 is 1. The van der Waals surface area contributed by atoms with E-state index in [1.165, 1.54) is 13.4 Å². The molecule has 3 saturated carbocycles. The van der Waals surface area contributed by atoms with Gasteiger partial charge in [-0.1, -0.05) is 27.7 Å². The molecule has 3 aliphatic carbocycles. The first-order chi connectivity index (χ1) is 15.6. The maximum absolute atomic E-state index is 13.7. The van der Waals surface area contributed by atoms with Gasteiger partial charge in [-0.3, -0.25) is 14.4 Å². The molecule has 5 rings (SSSR count). The van der Waals surface area contributed by atoms with Crippen molar-refractivity contribution in [3.05, 3.63) is 24.2 Å². The zero-order valence-corrected chi connectivity index (χ0v) is 20.4. The van der Waals surface area contributed by atoms with Crippen LogP contribution in [0.15, 0.2) is 23.0 Å². The maximum atomic E-state index is 13.7. The fraction of sp³-hybridized carbons (Fsp3) is 0.741. The first-order valence-electron chi connectivity index (χ1n) is 12.6. The van der Waals surface area contributed by atoms with E-state index in [0.717, 1.165) is 19.3 Å². The Labute approximate surface area is 196 Å². The fourth-order valence-electron chi connectivity index (χ4n) is 9.03. The fourth-order valence-corrected chi connectivity index (χ4v) is 9.03. The summed E-state index contributed by atoms with van der Waals surface area (Å²) in [6.07, 6.45) is 6.61. The van der Waals surface area contributed by atoms with Gasteiger partial charge in [-0.15, -0.1) is 0 Å². The molecule has 4 fully saturated rings. The molecular weight excluding hydrogens is 418 g/mol. The first-order valence-corrected chi connectivity index (χ1v) is 12.6. The van der Waals surface area contributed by atoms with Crippen LogP contribution in [0.2, 0.25) is 0 Å². The van der Waals surface area contributed by atoms with Crippen LogP contribution in [0, 0.1) is 52.3 Å². The van der Waals surface area contributed by atoms with Crippen LogP contribution in [0.4, 0.5) is 0 Å². The summed E-state index contributed by atoms with van der Waals surface area (Å²) >= 11 is 0. The lowest BCUT2D eigenvalue weighted by molar-refractivity contribution is -0.202. The Morgan fingerprint density at radius 3 is 2.67 bits per heavy atom. The van der Waals surface area contributed by atoms with Crippen LogP contribution >= 0.6 is 0 Å². The van der Waals surface area contributed by atoms with E-state index in [0.29, 0.717) is 42.1 Å². The maximum Gasteiger partial charge on any atom is 0.305 e. The third-order valence-corrected chi connectivity index (χ3v) is 10.8. The Kier molecular flexibility index (Phi) is 5.30. The molecule has 6 nitrogen and oxygen atoms in total. The third kappa shape index (κ3) is 3.08. The van der Waals surface area contributed by atoms with Crippen molar-refractivity contribution in [2.45, 2.75) is 65.8 Å². The van der Waals surface area contributed by atoms with E-state index >= 15 is 0 Å². The summed E-state index contributed by atoms with van der Waals surface area (Å²) in [4.78, 5) is 39.1. The Balaban J connectivity index is 1.58. The van der Waals surface area contributed by atoms with Gasteiger partial charge in [0.15, 0.2) is 5.78 Å². The monoisotopic (exact) mass is 455 g/mol. The van der Waals surface area contributed by atoms with Gasteiger partial charge in [0.2, 0.25) is 5.91 Å². The summed E-state index contributed by atoms with van der Waals surface area (Å²) in [6, 6.07) is 1.84. The predicted octanol–water partition coefficient (Wildman–Crippen LogP) is 4.49. The van der Waals surface area contributed by atoms with Crippen LogP contribution in [0.3, 0.4) is 0 Å². The number of hydrogen-bond acceptors (Lipinski definition) is 5. The van der Waals surface area contributed by atoms with E-state index < -0.39 is 5.41 Å². The minimum atomic E-state index is -0.588. The lowest BCUT2D eigenvalue weighted by atomic mass is 9.36. The highest BCUT2D eigenvalue weighted by Gasteiger charge is 2.68. The molecule has 7 unspecified atom stereocenters. The Morgan fingerprint density at radius 1 is 1.24 bits per heavy atom. The van der Waals surface area contributed by atoms with Crippen LogP contribution in [0.1, 0.15) is 70.2 Å². The van der Waals surface area contributed by atoms with E-state index in [1.807, 2.05) is 0 Å². The van der Waals surface area contributed by atoms with Crippen molar-refractivity contribution >= 4 is 17.7 Å². The van der Waals surface area contributed by atoms with Crippen molar-refractivity contribution in [1.29, 1.82) is 0 Å². The van der Waals surface area contributed by atoms with E-state index in [4.69, 9.17) is 9.15 Å². The van der Waals surface area contributed by atoms with Gasteiger partial charge in [0.25, 0.3) is 0 Å². The zero-order valence-electron chi connectivity index (χ0n) is 20.4. The lowest BCUT2D eigenvalue weighted by Crippen LogP contribution is -2.71. The number of esters is 1. The minimum absolute atomic E-state index is 0.00101. The van der Waals surface area contributed by atoms with Gasteiger partial charge in [0, 0.05) is 24.3 Å². The van der Waals surface area contributed by atoms with Crippen LogP contribution < -0.4 is 5.32 Å². The number of furan rings is 1. The third-order valence-electron chi connectivity index (χ3n) is 10.8. The summed E-state index contributed by atoms with van der Waals surface area (Å²) < 4.78 is 10.3. The molecule has 1 saturated heterocycles. The number of Topliss-reactive ketones (excluding diaryl/α,β-unsaturated/α-hetero) is 1. The molecule has 1 amide bonds. The Morgan fingerprint density at radius 2 is 2.00 bits per heavy atom. The first kappa shape index (κ1) is 22.7. The highest BCUT2D eigenvalue weighted by atomic mass is 16.5. The van der Waals surface area contributed by atoms with Crippen molar-refractivity contribution in [2.24, 2.45) is 52.3 Å². The number of ether oxygens (including phenoxy) is 1.